The maximum atomic E-state index is 3.55. The fraction of sp³-hybridized carbons (Fsp3) is 0.571. The Morgan fingerprint density at radius 2 is 0.786 bits per heavy atom. The first-order valence-electron chi connectivity index (χ1n) is 5.74. The third kappa shape index (κ3) is 2.17. The molecule has 0 heterocycles. The fourth-order valence-corrected chi connectivity index (χ4v) is 1.87. The Bertz CT molecular complexity index is 239. The standard InChI is InChI=1S/C14H20/c1-5-11-9-13(7-3)14(8-4)10-12(11)6-2/h5-8H2,1-4H3. The van der Waals surface area contributed by atoms with Crippen molar-refractivity contribution in [2.24, 2.45) is 0 Å². The summed E-state index contributed by atoms with van der Waals surface area (Å²) in [6.07, 6.45) is 4.32. The molecule has 0 aliphatic heterocycles. The van der Waals surface area contributed by atoms with Gasteiger partial charge in [-0.2, -0.15) is 0 Å². The zero-order chi connectivity index (χ0) is 10.6. The Hall–Kier alpha value is -0.780. The Kier molecular flexibility index (Phi) is 4.19. The van der Waals surface area contributed by atoms with Crippen LogP contribution < -0.4 is 0 Å². The Morgan fingerprint density at radius 3 is 0.929 bits per heavy atom. The highest BCUT2D eigenvalue weighted by atomic mass is 14.1. The van der Waals surface area contributed by atoms with Gasteiger partial charge in [-0.3, -0.25) is 0 Å². The molecule has 14 heavy (non-hydrogen) atoms. The quantitative estimate of drug-likeness (QED) is 0.678. The van der Waals surface area contributed by atoms with Crippen LogP contribution >= 0.6 is 0 Å². The molecule has 0 heteroatoms. The second kappa shape index (κ2) is 5.19. The minimum absolute atomic E-state index is 1.08. The van der Waals surface area contributed by atoms with Crippen molar-refractivity contribution in [1.29, 1.82) is 0 Å². The van der Waals surface area contributed by atoms with E-state index in [1.807, 2.05) is 0 Å². The maximum Gasteiger partial charge on any atom is -0.0108 e. The highest BCUT2D eigenvalue weighted by Gasteiger charge is 2.06. The van der Waals surface area contributed by atoms with Crippen LogP contribution in [0.15, 0.2) is 0 Å². The van der Waals surface area contributed by atoms with Crippen molar-refractivity contribution < 1.29 is 0 Å². The van der Waals surface area contributed by atoms with Crippen molar-refractivity contribution in [2.75, 3.05) is 0 Å². The lowest BCUT2D eigenvalue weighted by molar-refractivity contribution is 0.965. The van der Waals surface area contributed by atoms with Gasteiger partial charge in [0.25, 0.3) is 0 Å². The van der Waals surface area contributed by atoms with E-state index in [0.29, 0.717) is 0 Å². The predicted molar refractivity (Wildman–Crippen MR) is 61.6 cm³/mol. The van der Waals surface area contributed by atoms with Gasteiger partial charge in [0.05, 0.1) is 0 Å². The van der Waals surface area contributed by atoms with Crippen molar-refractivity contribution >= 4 is 0 Å². The number of benzene rings is 1. The molecule has 0 saturated carbocycles. The average Bonchev–Trinajstić information content (AvgIpc) is 2.26. The molecule has 0 aromatic heterocycles. The molecule has 0 nitrogen and oxygen atoms in total. The van der Waals surface area contributed by atoms with E-state index in [0.717, 1.165) is 25.7 Å². The van der Waals surface area contributed by atoms with Gasteiger partial charge in [-0.25, -0.2) is 0 Å². The number of hydrogen-bond donors (Lipinski definition) is 0. The van der Waals surface area contributed by atoms with Crippen LogP contribution in [-0.2, 0) is 25.7 Å². The van der Waals surface area contributed by atoms with Gasteiger partial charge in [0.2, 0.25) is 0 Å². The van der Waals surface area contributed by atoms with Crippen molar-refractivity contribution in [3.05, 3.63) is 34.4 Å². The van der Waals surface area contributed by atoms with E-state index in [-0.39, 0.29) is 0 Å². The molecular formula is C14H20. The van der Waals surface area contributed by atoms with Crippen molar-refractivity contribution in [3.63, 3.8) is 0 Å². The van der Waals surface area contributed by atoms with Gasteiger partial charge in [0.1, 0.15) is 0 Å². The molecule has 2 radical (unpaired) electrons. The number of hydrogen-bond acceptors (Lipinski definition) is 0. The summed E-state index contributed by atoms with van der Waals surface area (Å²) in [5.41, 5.74) is 5.45. The summed E-state index contributed by atoms with van der Waals surface area (Å²) in [6.45, 7) is 8.79. The summed E-state index contributed by atoms with van der Waals surface area (Å²) in [5, 5.41) is 0. The van der Waals surface area contributed by atoms with Crippen LogP contribution in [0.25, 0.3) is 0 Å². The zero-order valence-electron chi connectivity index (χ0n) is 9.83. The van der Waals surface area contributed by atoms with Gasteiger partial charge in [-0.1, -0.05) is 27.7 Å². The molecule has 0 amide bonds. The zero-order valence-corrected chi connectivity index (χ0v) is 9.83. The molecule has 0 atom stereocenters. The molecule has 0 spiro atoms. The summed E-state index contributed by atoms with van der Waals surface area (Å²) in [4.78, 5) is 0. The molecular weight excluding hydrogens is 168 g/mol. The SMILES string of the molecule is CCc1[c]c(CC)c(CC)[c]c1CC. The summed E-state index contributed by atoms with van der Waals surface area (Å²) in [6, 6.07) is 7.10. The second-order valence-electron chi connectivity index (χ2n) is 3.58. The largest absolute Gasteiger partial charge is 0.0613 e. The molecule has 1 aromatic carbocycles. The molecule has 0 aliphatic rings. The van der Waals surface area contributed by atoms with Crippen LogP contribution in [-0.4, -0.2) is 0 Å². The van der Waals surface area contributed by atoms with E-state index in [1.54, 1.807) is 0 Å². The van der Waals surface area contributed by atoms with Gasteiger partial charge in [-0.05, 0) is 60.1 Å². The third-order valence-electron chi connectivity index (χ3n) is 2.75. The van der Waals surface area contributed by atoms with Gasteiger partial charge in [0.15, 0.2) is 0 Å². The Morgan fingerprint density at radius 1 is 0.571 bits per heavy atom. The summed E-state index contributed by atoms with van der Waals surface area (Å²) in [5.74, 6) is 0. The van der Waals surface area contributed by atoms with Gasteiger partial charge in [0, 0.05) is 0 Å². The van der Waals surface area contributed by atoms with Crippen LogP contribution in [0.1, 0.15) is 49.9 Å². The lowest BCUT2D eigenvalue weighted by Gasteiger charge is -2.11. The molecule has 1 aromatic rings. The topological polar surface area (TPSA) is 0 Å². The highest BCUT2D eigenvalue weighted by Crippen LogP contribution is 2.18. The van der Waals surface area contributed by atoms with Gasteiger partial charge in [-0.15, -0.1) is 0 Å². The first kappa shape index (κ1) is 11.3. The van der Waals surface area contributed by atoms with E-state index < -0.39 is 0 Å². The summed E-state index contributed by atoms with van der Waals surface area (Å²) in [7, 11) is 0. The van der Waals surface area contributed by atoms with E-state index in [9.17, 15) is 0 Å². The molecule has 0 bridgehead atoms. The lowest BCUT2D eigenvalue weighted by atomic mass is 9.93. The molecule has 0 saturated heterocycles. The fourth-order valence-electron chi connectivity index (χ4n) is 1.87. The van der Waals surface area contributed by atoms with E-state index in [4.69, 9.17) is 0 Å². The summed E-state index contributed by atoms with van der Waals surface area (Å²) < 4.78 is 0. The van der Waals surface area contributed by atoms with E-state index in [2.05, 4.69) is 39.8 Å². The third-order valence-corrected chi connectivity index (χ3v) is 2.75. The molecule has 0 fully saturated rings. The van der Waals surface area contributed by atoms with E-state index in [1.165, 1.54) is 22.3 Å². The van der Waals surface area contributed by atoms with Crippen molar-refractivity contribution in [1.82, 2.24) is 0 Å². The smallest absolute Gasteiger partial charge is 0.0108 e. The normalized spacial score (nSPS) is 10.6. The van der Waals surface area contributed by atoms with Gasteiger partial charge < -0.3 is 0 Å². The lowest BCUT2D eigenvalue weighted by Crippen LogP contribution is -2.00. The van der Waals surface area contributed by atoms with E-state index >= 15 is 0 Å². The van der Waals surface area contributed by atoms with Crippen LogP contribution in [0.5, 0.6) is 0 Å². The predicted octanol–water partition coefficient (Wildman–Crippen LogP) is 3.54. The first-order valence-corrected chi connectivity index (χ1v) is 5.74. The van der Waals surface area contributed by atoms with Gasteiger partial charge >= 0.3 is 0 Å². The van der Waals surface area contributed by atoms with Crippen LogP contribution in [0, 0.1) is 12.1 Å². The first-order chi connectivity index (χ1) is 6.76. The van der Waals surface area contributed by atoms with Crippen molar-refractivity contribution in [3.8, 4) is 0 Å². The maximum absolute atomic E-state index is 3.55. The van der Waals surface area contributed by atoms with Crippen LogP contribution in [0.4, 0.5) is 0 Å². The molecule has 0 unspecified atom stereocenters. The average molecular weight is 188 g/mol. The van der Waals surface area contributed by atoms with Crippen molar-refractivity contribution in [2.45, 2.75) is 53.4 Å². The highest BCUT2D eigenvalue weighted by molar-refractivity contribution is 5.36. The Balaban J connectivity index is 3.20. The monoisotopic (exact) mass is 188 g/mol. The summed E-state index contributed by atoms with van der Waals surface area (Å²) >= 11 is 0. The number of aryl methyl sites for hydroxylation is 4. The molecule has 0 aliphatic carbocycles. The molecule has 76 valence electrons. The molecule has 0 N–H and O–H groups in total. The minimum atomic E-state index is 1.08. The van der Waals surface area contributed by atoms with Crippen LogP contribution in [0.2, 0.25) is 0 Å². The second-order valence-corrected chi connectivity index (χ2v) is 3.58. The number of rotatable bonds is 4. The Labute approximate surface area is 88.4 Å². The molecule has 1 rings (SSSR count). The minimum Gasteiger partial charge on any atom is -0.0613 e. The van der Waals surface area contributed by atoms with Crippen LogP contribution in [0.3, 0.4) is 0 Å².